The summed E-state index contributed by atoms with van der Waals surface area (Å²) in [6, 6.07) is 23.0. The molecular weight excluding hydrogens is 679 g/mol. The van der Waals surface area contributed by atoms with Crippen LogP contribution in [0.25, 0.3) is 33.3 Å². The first kappa shape index (κ1) is 28.9. The Morgan fingerprint density at radius 1 is 1.00 bits per heavy atom. The number of hydrogen-bond donors (Lipinski definition) is 1. The molecule has 0 amide bonds. The summed E-state index contributed by atoms with van der Waals surface area (Å²) in [5, 5.41) is 3.41. The molecular formula is C33H31IN2O4S2. The number of anilines is 1. The van der Waals surface area contributed by atoms with Crippen molar-refractivity contribution < 1.29 is 17.9 Å². The maximum atomic E-state index is 14.5. The lowest BCUT2D eigenvalue weighted by molar-refractivity contribution is -0.146. The van der Waals surface area contributed by atoms with Crippen LogP contribution in [0.2, 0.25) is 0 Å². The maximum Gasteiger partial charge on any atom is 0.308 e. The number of halogens is 1. The van der Waals surface area contributed by atoms with Gasteiger partial charge in [0, 0.05) is 25.6 Å². The lowest BCUT2D eigenvalue weighted by Gasteiger charge is -2.27. The van der Waals surface area contributed by atoms with Crippen LogP contribution in [0.4, 0.5) is 5.00 Å². The van der Waals surface area contributed by atoms with Crippen molar-refractivity contribution >= 4 is 65.8 Å². The molecule has 6 nitrogen and oxygen atoms in total. The molecule has 2 aromatic heterocycles. The number of nitrogens with two attached hydrogens (primary N) is 1. The lowest BCUT2D eigenvalue weighted by Crippen LogP contribution is -2.22. The molecule has 1 aliphatic rings. The van der Waals surface area contributed by atoms with E-state index in [1.165, 1.54) is 22.4 Å². The van der Waals surface area contributed by atoms with E-state index in [1.807, 2.05) is 60.8 Å². The van der Waals surface area contributed by atoms with Gasteiger partial charge in [0.1, 0.15) is 0 Å². The number of nitrogens with zero attached hydrogens (tertiary/aromatic N) is 1. The molecule has 2 N–H and O–H groups in total. The summed E-state index contributed by atoms with van der Waals surface area (Å²) >= 11 is 3.71. The van der Waals surface area contributed by atoms with Gasteiger partial charge in [-0.25, -0.2) is 12.4 Å². The molecule has 5 aromatic rings. The summed E-state index contributed by atoms with van der Waals surface area (Å²) in [5.74, 6) is 0.0703. The first-order valence-electron chi connectivity index (χ1n) is 13.9. The second-order valence-corrected chi connectivity index (χ2v) is 14.8. The number of ether oxygens (including phenoxy) is 1. The lowest BCUT2D eigenvalue weighted by atomic mass is 9.78. The smallest absolute Gasteiger partial charge is 0.308 e. The van der Waals surface area contributed by atoms with Crippen LogP contribution in [-0.2, 0) is 19.6 Å². The van der Waals surface area contributed by atoms with Crippen LogP contribution in [0.3, 0.4) is 0 Å². The predicted molar refractivity (Wildman–Crippen MR) is 178 cm³/mol. The fourth-order valence-electron chi connectivity index (χ4n) is 6.13. The molecule has 0 radical (unpaired) electrons. The van der Waals surface area contributed by atoms with Gasteiger partial charge in [0.2, 0.25) is 0 Å². The number of aromatic nitrogens is 1. The Labute approximate surface area is 263 Å². The van der Waals surface area contributed by atoms with Crippen molar-refractivity contribution in [2.45, 2.75) is 43.4 Å². The zero-order valence-corrected chi connectivity index (χ0v) is 27.1. The third-order valence-electron chi connectivity index (χ3n) is 8.30. The van der Waals surface area contributed by atoms with E-state index in [9.17, 15) is 13.2 Å². The summed E-state index contributed by atoms with van der Waals surface area (Å²) < 4.78 is 36.5. The van der Waals surface area contributed by atoms with Gasteiger partial charge in [0.25, 0.3) is 10.0 Å². The van der Waals surface area contributed by atoms with Crippen molar-refractivity contribution in [2.75, 3.05) is 12.8 Å². The maximum absolute atomic E-state index is 14.5. The van der Waals surface area contributed by atoms with E-state index >= 15 is 0 Å². The van der Waals surface area contributed by atoms with E-state index in [2.05, 4.69) is 34.7 Å². The first-order chi connectivity index (χ1) is 20.2. The molecule has 0 bridgehead atoms. The fraction of sp³-hybridized carbons (Fsp3) is 0.242. The highest BCUT2D eigenvalue weighted by molar-refractivity contribution is 14.1. The first-order valence-corrected chi connectivity index (χ1v) is 17.3. The van der Waals surface area contributed by atoms with Gasteiger partial charge in [-0.2, -0.15) is 0 Å². The Balaban J connectivity index is 1.59. The van der Waals surface area contributed by atoms with Crippen molar-refractivity contribution in [3.8, 4) is 22.4 Å². The monoisotopic (exact) mass is 710 g/mol. The third kappa shape index (κ3) is 5.16. The second-order valence-electron chi connectivity index (χ2n) is 10.9. The third-order valence-corrected chi connectivity index (χ3v) is 11.4. The van der Waals surface area contributed by atoms with Crippen LogP contribution in [0, 0.1) is 16.4 Å². The van der Waals surface area contributed by atoms with Crippen molar-refractivity contribution in [2.24, 2.45) is 5.92 Å². The number of rotatable bonds is 6. The number of thiophene rings is 1. The molecule has 6 rings (SSSR count). The quantitative estimate of drug-likeness (QED) is 0.142. The highest BCUT2D eigenvalue weighted by Crippen LogP contribution is 2.47. The summed E-state index contributed by atoms with van der Waals surface area (Å²) in [6.45, 7) is 1.94. The van der Waals surface area contributed by atoms with Gasteiger partial charge >= 0.3 is 5.97 Å². The van der Waals surface area contributed by atoms with E-state index in [-0.39, 0.29) is 22.7 Å². The van der Waals surface area contributed by atoms with Crippen LogP contribution in [0.15, 0.2) is 83.1 Å². The summed E-state index contributed by atoms with van der Waals surface area (Å²) in [7, 11) is -2.54. The molecule has 0 aliphatic heterocycles. The van der Waals surface area contributed by atoms with E-state index in [4.69, 9.17) is 10.5 Å². The van der Waals surface area contributed by atoms with Crippen molar-refractivity contribution in [3.05, 3.63) is 92.9 Å². The molecule has 0 unspecified atom stereocenters. The van der Waals surface area contributed by atoms with E-state index < -0.39 is 10.0 Å². The molecule has 42 heavy (non-hydrogen) atoms. The largest absolute Gasteiger partial charge is 0.469 e. The zero-order chi connectivity index (χ0) is 29.6. The highest BCUT2D eigenvalue weighted by Gasteiger charge is 2.31. The van der Waals surface area contributed by atoms with Gasteiger partial charge in [0.15, 0.2) is 0 Å². The second kappa shape index (κ2) is 11.5. The Bertz CT molecular complexity index is 1900. The number of fused-ring (bicyclic) bond motifs is 1. The molecule has 2 heterocycles. The molecule has 0 spiro atoms. The molecule has 1 aliphatic carbocycles. The number of nitrogen functional groups attached to an aromatic ring is 1. The Morgan fingerprint density at radius 3 is 2.40 bits per heavy atom. The Hall–Kier alpha value is -3.15. The standard InChI is InChI=1S/C33H31IN2O4S2/c1-20-6-13-26(14-7-20)42(38,39)36-29-15-12-25(34)19-28(29)30(27-16-17-41-32(27)35)31(36)24-5-3-4-23(18-24)21-8-10-22(11-9-21)33(37)40-2/h3-7,12-19,21-22H,8-11,35H2,1-2H3. The van der Waals surface area contributed by atoms with Gasteiger partial charge in [0.05, 0.1) is 34.1 Å². The number of carbonyl (C=O) groups is 1. The molecule has 9 heteroatoms. The van der Waals surface area contributed by atoms with Crippen LogP contribution in [-0.4, -0.2) is 25.5 Å². The van der Waals surface area contributed by atoms with Crippen molar-refractivity contribution in [3.63, 3.8) is 0 Å². The van der Waals surface area contributed by atoms with E-state index in [0.717, 1.165) is 62.5 Å². The van der Waals surface area contributed by atoms with Crippen molar-refractivity contribution in [1.82, 2.24) is 3.97 Å². The summed E-state index contributed by atoms with van der Waals surface area (Å²) in [6.07, 6.45) is 3.30. The number of benzene rings is 3. The van der Waals surface area contributed by atoms with Gasteiger partial charge < -0.3 is 10.5 Å². The van der Waals surface area contributed by atoms with Gasteiger partial charge in [-0.3, -0.25) is 4.79 Å². The highest BCUT2D eigenvalue weighted by atomic mass is 127. The predicted octanol–water partition coefficient (Wildman–Crippen LogP) is 8.22. The number of esters is 1. The van der Waals surface area contributed by atoms with Gasteiger partial charge in [-0.1, -0.05) is 35.9 Å². The average Bonchev–Trinajstić information content (AvgIpc) is 3.57. The van der Waals surface area contributed by atoms with E-state index in [0.29, 0.717) is 16.2 Å². The Morgan fingerprint density at radius 2 is 1.74 bits per heavy atom. The number of hydrogen-bond acceptors (Lipinski definition) is 6. The topological polar surface area (TPSA) is 91.4 Å². The minimum Gasteiger partial charge on any atom is -0.469 e. The summed E-state index contributed by atoms with van der Waals surface area (Å²) in [4.78, 5) is 12.3. The SMILES string of the molecule is COC(=O)C1CCC(c2cccc(-c3c(-c4ccsc4N)c4cc(I)ccc4n3S(=O)(=O)c3ccc(C)cc3)c2)CC1. The number of methoxy groups -OCH3 is 1. The summed E-state index contributed by atoms with van der Waals surface area (Å²) in [5.41, 5.74) is 12.3. The van der Waals surface area contributed by atoms with Crippen LogP contribution in [0.1, 0.15) is 42.7 Å². The minimum atomic E-state index is -3.99. The minimum absolute atomic E-state index is 0.0627. The van der Waals surface area contributed by atoms with Gasteiger partial charge in [-0.05, 0) is 115 Å². The number of aryl methyl sites for hydroxylation is 1. The zero-order valence-electron chi connectivity index (χ0n) is 23.3. The molecule has 216 valence electrons. The molecule has 1 saturated carbocycles. The Kier molecular flexibility index (Phi) is 7.93. The normalized spacial score (nSPS) is 17.4. The molecule has 0 atom stereocenters. The van der Waals surface area contributed by atoms with Crippen LogP contribution >= 0.6 is 33.9 Å². The molecule has 0 saturated heterocycles. The molecule has 3 aromatic carbocycles. The van der Waals surface area contributed by atoms with Crippen LogP contribution in [0.5, 0.6) is 0 Å². The van der Waals surface area contributed by atoms with Crippen molar-refractivity contribution in [1.29, 1.82) is 0 Å². The fourth-order valence-corrected chi connectivity index (χ4v) is 8.82. The molecule has 1 fully saturated rings. The van der Waals surface area contributed by atoms with E-state index in [1.54, 1.807) is 12.1 Å². The van der Waals surface area contributed by atoms with Gasteiger partial charge in [-0.15, -0.1) is 11.3 Å². The average molecular weight is 711 g/mol. The van der Waals surface area contributed by atoms with Crippen LogP contribution < -0.4 is 5.73 Å². The number of carbonyl (C=O) groups excluding carboxylic acids is 1.